The van der Waals surface area contributed by atoms with Gasteiger partial charge in [-0.3, -0.25) is 0 Å². The Bertz CT molecular complexity index is 1560. The van der Waals surface area contributed by atoms with Crippen LogP contribution in [0.4, 0.5) is 5.69 Å². The Balaban J connectivity index is 1.24. The van der Waals surface area contributed by atoms with Crippen molar-refractivity contribution in [1.29, 1.82) is 0 Å². The van der Waals surface area contributed by atoms with Crippen molar-refractivity contribution >= 4 is 11.8 Å². The lowest BCUT2D eigenvalue weighted by Gasteiger charge is -2.29. The topological polar surface area (TPSA) is 3.24 Å². The molecule has 0 saturated carbocycles. The molecule has 0 radical (unpaired) electrons. The molecule has 196 valence electrons. The van der Waals surface area contributed by atoms with Crippen molar-refractivity contribution in [3.05, 3.63) is 130 Å². The number of anilines is 1. The highest BCUT2D eigenvalue weighted by molar-refractivity contribution is 5.76. The summed E-state index contributed by atoms with van der Waals surface area (Å²) in [7, 11) is 2.25. The number of allylic oxidation sites excluding steroid dienone is 3. The van der Waals surface area contributed by atoms with E-state index in [4.69, 9.17) is 0 Å². The molecule has 0 unspecified atom stereocenters. The number of hydrogen-bond acceptors (Lipinski definition) is 1. The van der Waals surface area contributed by atoms with Gasteiger partial charge in [-0.1, -0.05) is 112 Å². The monoisotopic (exact) mass is 509 g/mol. The van der Waals surface area contributed by atoms with Crippen molar-refractivity contribution in [3.8, 4) is 22.3 Å². The smallest absolute Gasteiger partial charge is 0.0446 e. The average molecular weight is 510 g/mol. The van der Waals surface area contributed by atoms with Crippen LogP contribution in [-0.2, 0) is 31.2 Å². The number of rotatable bonds is 5. The molecule has 0 aromatic heterocycles. The molecule has 2 aliphatic rings. The molecule has 0 saturated heterocycles. The number of benzene rings is 4. The van der Waals surface area contributed by atoms with Gasteiger partial charge < -0.3 is 4.90 Å². The first kappa shape index (κ1) is 25.4. The van der Waals surface area contributed by atoms with E-state index in [1.807, 2.05) is 0 Å². The van der Waals surface area contributed by atoms with Gasteiger partial charge in [-0.25, -0.2) is 0 Å². The zero-order valence-corrected chi connectivity index (χ0v) is 23.8. The molecule has 0 fully saturated rings. The Morgan fingerprint density at radius 2 is 1.38 bits per heavy atom. The van der Waals surface area contributed by atoms with E-state index in [-0.39, 0.29) is 5.41 Å². The molecule has 39 heavy (non-hydrogen) atoms. The van der Waals surface area contributed by atoms with Crippen LogP contribution in [-0.4, -0.2) is 7.05 Å². The highest BCUT2D eigenvalue weighted by atomic mass is 15.1. The first-order valence-electron chi connectivity index (χ1n) is 14.4. The molecule has 4 aromatic rings. The lowest BCUT2D eigenvalue weighted by atomic mass is 9.84. The summed E-state index contributed by atoms with van der Waals surface area (Å²) in [6.45, 7) is 7.70. The largest absolute Gasteiger partial charge is 0.370 e. The molecule has 1 nitrogen and oxygen atoms in total. The maximum Gasteiger partial charge on any atom is 0.0446 e. The van der Waals surface area contributed by atoms with Crippen LogP contribution in [0.3, 0.4) is 0 Å². The third-order valence-corrected chi connectivity index (χ3v) is 8.37. The number of nitrogens with zero attached hydrogens (tertiary/aromatic N) is 1. The zero-order valence-electron chi connectivity index (χ0n) is 23.8. The first-order valence-corrected chi connectivity index (χ1v) is 14.4. The molecule has 2 aliphatic carbocycles. The van der Waals surface area contributed by atoms with E-state index in [0.29, 0.717) is 0 Å². The minimum Gasteiger partial charge on any atom is -0.370 e. The van der Waals surface area contributed by atoms with Crippen LogP contribution < -0.4 is 4.90 Å². The summed E-state index contributed by atoms with van der Waals surface area (Å²) in [5.74, 6) is 0. The second-order valence-corrected chi connectivity index (χ2v) is 12.2. The first-order chi connectivity index (χ1) is 18.9. The van der Waals surface area contributed by atoms with Gasteiger partial charge in [0.05, 0.1) is 0 Å². The highest BCUT2D eigenvalue weighted by Crippen LogP contribution is 2.37. The Morgan fingerprint density at radius 3 is 2.13 bits per heavy atom. The summed E-state index contributed by atoms with van der Waals surface area (Å²) < 4.78 is 0. The molecule has 0 heterocycles. The number of fused-ring (bicyclic) bond motifs is 3. The molecule has 4 aromatic carbocycles. The van der Waals surface area contributed by atoms with Crippen molar-refractivity contribution in [1.82, 2.24) is 0 Å². The third-order valence-electron chi connectivity index (χ3n) is 8.37. The summed E-state index contributed by atoms with van der Waals surface area (Å²) in [4.78, 5) is 2.44. The summed E-state index contributed by atoms with van der Waals surface area (Å²) in [5, 5.41) is 0. The van der Waals surface area contributed by atoms with Crippen LogP contribution in [0.15, 0.2) is 97.1 Å². The Hall–Kier alpha value is -3.84. The Morgan fingerprint density at radius 1 is 0.692 bits per heavy atom. The van der Waals surface area contributed by atoms with Crippen molar-refractivity contribution in [3.63, 3.8) is 0 Å². The van der Waals surface area contributed by atoms with Crippen LogP contribution in [0.5, 0.6) is 0 Å². The third kappa shape index (κ3) is 5.23. The van der Waals surface area contributed by atoms with Gasteiger partial charge in [-0.05, 0) is 93.3 Å². The molecule has 1 heteroatoms. The van der Waals surface area contributed by atoms with Gasteiger partial charge in [0, 0.05) is 24.8 Å². The second-order valence-electron chi connectivity index (χ2n) is 12.2. The van der Waals surface area contributed by atoms with Crippen LogP contribution >= 0.6 is 0 Å². The summed E-state index contributed by atoms with van der Waals surface area (Å²) in [5.41, 5.74) is 15.4. The molecular weight excluding hydrogens is 470 g/mol. The fourth-order valence-corrected chi connectivity index (χ4v) is 6.13. The summed E-state index contributed by atoms with van der Waals surface area (Å²) in [6.07, 6.45) is 13.8. The van der Waals surface area contributed by atoms with Crippen LogP contribution in [0.25, 0.3) is 28.3 Å². The minimum absolute atomic E-state index is 0.148. The number of hydrogen-bond donors (Lipinski definition) is 0. The van der Waals surface area contributed by atoms with Gasteiger partial charge in [-0.15, -0.1) is 0 Å². The lowest BCUT2D eigenvalue weighted by Crippen LogP contribution is -2.20. The molecular formula is C38H39N. The van der Waals surface area contributed by atoms with Gasteiger partial charge in [0.25, 0.3) is 0 Å². The van der Waals surface area contributed by atoms with E-state index in [0.717, 1.165) is 32.2 Å². The van der Waals surface area contributed by atoms with E-state index >= 15 is 0 Å². The summed E-state index contributed by atoms with van der Waals surface area (Å²) in [6, 6.07) is 29.5. The van der Waals surface area contributed by atoms with Gasteiger partial charge in [0.2, 0.25) is 0 Å². The van der Waals surface area contributed by atoms with E-state index < -0.39 is 0 Å². The molecule has 0 bridgehead atoms. The van der Waals surface area contributed by atoms with E-state index in [2.05, 4.69) is 136 Å². The van der Waals surface area contributed by atoms with Crippen LogP contribution in [0.1, 0.15) is 60.6 Å². The maximum atomic E-state index is 2.45. The van der Waals surface area contributed by atoms with Crippen molar-refractivity contribution in [2.75, 3.05) is 11.9 Å². The SMILES string of the molecule is CN(Cc1cccc(-c2ccc(-c3cccc(C(C)(C)C)c3)cc2)c1)c1cc2c(c3c1C=CCC3)CC=CC2. The zero-order chi connectivity index (χ0) is 27.0. The van der Waals surface area contributed by atoms with Crippen LogP contribution in [0, 0.1) is 0 Å². The van der Waals surface area contributed by atoms with Gasteiger partial charge in [0.1, 0.15) is 0 Å². The summed E-state index contributed by atoms with van der Waals surface area (Å²) >= 11 is 0. The minimum atomic E-state index is 0.148. The predicted octanol–water partition coefficient (Wildman–Crippen LogP) is 9.57. The van der Waals surface area contributed by atoms with Crippen molar-refractivity contribution < 1.29 is 0 Å². The fourth-order valence-electron chi connectivity index (χ4n) is 6.13. The normalized spacial score (nSPS) is 14.2. The van der Waals surface area contributed by atoms with E-state index in [1.165, 1.54) is 50.2 Å². The predicted molar refractivity (Wildman–Crippen MR) is 168 cm³/mol. The van der Waals surface area contributed by atoms with Gasteiger partial charge in [-0.2, -0.15) is 0 Å². The van der Waals surface area contributed by atoms with E-state index in [1.54, 1.807) is 11.1 Å². The quantitative estimate of drug-likeness (QED) is 0.242. The Kier molecular flexibility index (Phi) is 6.77. The Labute approximate surface area is 234 Å². The van der Waals surface area contributed by atoms with Crippen molar-refractivity contribution in [2.45, 2.75) is 58.4 Å². The molecule has 0 spiro atoms. The molecule has 0 N–H and O–H groups in total. The van der Waals surface area contributed by atoms with E-state index in [9.17, 15) is 0 Å². The van der Waals surface area contributed by atoms with Crippen LogP contribution in [0.2, 0.25) is 0 Å². The second kappa shape index (κ2) is 10.4. The van der Waals surface area contributed by atoms with Gasteiger partial charge >= 0.3 is 0 Å². The van der Waals surface area contributed by atoms with Gasteiger partial charge in [0.15, 0.2) is 0 Å². The maximum absolute atomic E-state index is 2.45. The molecule has 0 atom stereocenters. The fraction of sp³-hybridized carbons (Fsp3) is 0.263. The standard InChI is InChI=1S/C38H39N/c1-38(2,3)33-15-10-14-31(24-33)29-21-19-28(20-22-29)30-13-9-11-27(23-30)26-39(4)37-25-32-12-5-6-16-34(32)35-17-7-8-18-36(35)37/h5-6,8-11,13-15,18-25H,7,12,16-17,26H2,1-4H3. The highest BCUT2D eigenvalue weighted by Gasteiger charge is 2.20. The molecule has 0 amide bonds. The average Bonchev–Trinajstić information content (AvgIpc) is 2.96. The lowest BCUT2D eigenvalue weighted by molar-refractivity contribution is 0.590. The molecule has 0 aliphatic heterocycles. The van der Waals surface area contributed by atoms with Crippen molar-refractivity contribution in [2.24, 2.45) is 0 Å². The molecule has 6 rings (SSSR count).